The van der Waals surface area contributed by atoms with E-state index in [-0.39, 0.29) is 11.1 Å². The van der Waals surface area contributed by atoms with E-state index < -0.39 is 17.2 Å². The Labute approximate surface area is 144 Å². The third-order valence-electron chi connectivity index (χ3n) is 4.13. The molecule has 1 heterocycles. The highest BCUT2D eigenvalue weighted by molar-refractivity contribution is 5.95. The summed E-state index contributed by atoms with van der Waals surface area (Å²) in [4.78, 5) is 25.0. The lowest BCUT2D eigenvalue weighted by Gasteiger charge is -2.11. The molecule has 5 nitrogen and oxygen atoms in total. The van der Waals surface area contributed by atoms with Crippen LogP contribution >= 0.6 is 0 Å². The number of nitrogens with zero attached hydrogens (tertiary/aromatic N) is 2. The number of halogens is 1. The minimum absolute atomic E-state index is 0.151. The maximum atomic E-state index is 13.5. The van der Waals surface area contributed by atoms with Gasteiger partial charge in [-0.15, -0.1) is 0 Å². The third-order valence-corrected chi connectivity index (χ3v) is 4.13. The molecule has 3 rings (SSSR count). The first-order valence-corrected chi connectivity index (χ1v) is 8.04. The van der Waals surface area contributed by atoms with E-state index in [1.54, 1.807) is 0 Å². The Hall–Kier alpha value is -3.02. The number of hydrogen-bond donors (Lipinski definition) is 1. The van der Waals surface area contributed by atoms with E-state index in [4.69, 9.17) is 0 Å². The Morgan fingerprint density at radius 1 is 1.24 bits per heavy atom. The first-order chi connectivity index (χ1) is 12.0. The molecule has 0 bridgehead atoms. The zero-order valence-electron chi connectivity index (χ0n) is 14.0. The van der Waals surface area contributed by atoms with Crippen LogP contribution in [-0.2, 0) is 13.1 Å². The van der Waals surface area contributed by atoms with Gasteiger partial charge in [-0.2, -0.15) is 5.10 Å². The van der Waals surface area contributed by atoms with Gasteiger partial charge >= 0.3 is 0 Å². The van der Waals surface area contributed by atoms with Crippen LogP contribution in [0.3, 0.4) is 0 Å². The van der Waals surface area contributed by atoms with Crippen LogP contribution in [-0.4, -0.2) is 15.7 Å². The molecule has 0 saturated heterocycles. The number of carbonyl (C=O) groups is 1. The van der Waals surface area contributed by atoms with Crippen LogP contribution in [0.25, 0.3) is 10.9 Å². The van der Waals surface area contributed by atoms with E-state index in [1.165, 1.54) is 16.8 Å². The Balaban J connectivity index is 1.97. The summed E-state index contributed by atoms with van der Waals surface area (Å²) in [5, 5.41) is 7.02. The van der Waals surface area contributed by atoms with Crippen LogP contribution in [0.15, 0.2) is 47.3 Å². The largest absolute Gasteiger partial charge is 0.346 e. The standard InChI is InChI=1S/C19H18FN3O2/c1-3-23-16-9-8-14(20)10-15(16)18(24)17(22-23)19(25)21-11-13-7-5-4-6-12(13)2/h4-10H,3,11H2,1-2H3,(H,21,25). The molecule has 128 valence electrons. The molecule has 0 aliphatic carbocycles. The summed E-state index contributed by atoms with van der Waals surface area (Å²) in [6.45, 7) is 4.54. The lowest BCUT2D eigenvalue weighted by Crippen LogP contribution is -2.32. The molecule has 0 aliphatic heterocycles. The zero-order valence-corrected chi connectivity index (χ0v) is 14.0. The Morgan fingerprint density at radius 2 is 2.00 bits per heavy atom. The molecule has 3 aromatic rings. The van der Waals surface area contributed by atoms with Gasteiger partial charge in [-0.3, -0.25) is 14.3 Å². The van der Waals surface area contributed by atoms with E-state index in [0.29, 0.717) is 18.6 Å². The van der Waals surface area contributed by atoms with E-state index >= 15 is 0 Å². The molecule has 0 aliphatic rings. The predicted octanol–water partition coefficient (Wildman–Crippen LogP) is 2.79. The lowest BCUT2D eigenvalue weighted by molar-refractivity contribution is 0.0942. The van der Waals surface area contributed by atoms with Gasteiger partial charge in [-0.05, 0) is 43.2 Å². The van der Waals surface area contributed by atoms with E-state index in [2.05, 4.69) is 10.4 Å². The molecule has 0 unspecified atom stereocenters. The number of aromatic nitrogens is 2. The van der Waals surface area contributed by atoms with Gasteiger partial charge in [0.1, 0.15) is 5.82 Å². The number of aryl methyl sites for hydroxylation is 2. The van der Waals surface area contributed by atoms with Gasteiger partial charge in [-0.25, -0.2) is 4.39 Å². The van der Waals surface area contributed by atoms with Gasteiger partial charge in [-0.1, -0.05) is 24.3 Å². The SMILES string of the molecule is CCn1nc(C(=O)NCc2ccccc2C)c(=O)c2cc(F)ccc21. The highest BCUT2D eigenvalue weighted by Gasteiger charge is 2.17. The fourth-order valence-corrected chi connectivity index (χ4v) is 2.72. The molecular formula is C19H18FN3O2. The van der Waals surface area contributed by atoms with Crippen LogP contribution in [0.5, 0.6) is 0 Å². The molecule has 6 heteroatoms. The lowest BCUT2D eigenvalue weighted by atomic mass is 10.1. The number of hydrogen-bond acceptors (Lipinski definition) is 3. The molecule has 0 atom stereocenters. The van der Waals surface area contributed by atoms with Crippen LogP contribution in [0.2, 0.25) is 0 Å². The van der Waals surface area contributed by atoms with Crippen molar-refractivity contribution in [2.24, 2.45) is 0 Å². The average Bonchev–Trinajstić information content (AvgIpc) is 2.61. The molecule has 0 spiro atoms. The fraction of sp³-hybridized carbons (Fsp3) is 0.211. The fourth-order valence-electron chi connectivity index (χ4n) is 2.72. The second-order valence-corrected chi connectivity index (χ2v) is 5.76. The second kappa shape index (κ2) is 6.84. The van der Waals surface area contributed by atoms with Crippen molar-refractivity contribution in [1.82, 2.24) is 15.1 Å². The van der Waals surface area contributed by atoms with Crippen molar-refractivity contribution in [3.05, 3.63) is 75.3 Å². The van der Waals surface area contributed by atoms with Crippen LogP contribution in [0.1, 0.15) is 28.5 Å². The van der Waals surface area contributed by atoms with Crippen LogP contribution < -0.4 is 10.7 Å². The normalized spacial score (nSPS) is 10.8. The number of fused-ring (bicyclic) bond motifs is 1. The van der Waals surface area contributed by atoms with Crippen LogP contribution in [0, 0.1) is 12.7 Å². The smallest absolute Gasteiger partial charge is 0.276 e. The molecule has 1 amide bonds. The monoisotopic (exact) mass is 339 g/mol. The predicted molar refractivity (Wildman–Crippen MR) is 94.0 cm³/mol. The van der Waals surface area contributed by atoms with Crippen molar-refractivity contribution in [3.8, 4) is 0 Å². The summed E-state index contributed by atoms with van der Waals surface area (Å²) < 4.78 is 15.1. The quantitative estimate of drug-likeness (QED) is 0.795. The first-order valence-electron chi connectivity index (χ1n) is 8.04. The zero-order chi connectivity index (χ0) is 18.0. The second-order valence-electron chi connectivity index (χ2n) is 5.76. The molecule has 0 fully saturated rings. The van der Waals surface area contributed by atoms with Gasteiger partial charge in [0.2, 0.25) is 5.43 Å². The summed E-state index contributed by atoms with van der Waals surface area (Å²) in [7, 11) is 0. The van der Waals surface area contributed by atoms with E-state index in [1.807, 2.05) is 38.1 Å². The molecule has 1 N–H and O–H groups in total. The van der Waals surface area contributed by atoms with Gasteiger partial charge in [0.05, 0.1) is 10.9 Å². The summed E-state index contributed by atoms with van der Waals surface area (Å²) >= 11 is 0. The Morgan fingerprint density at radius 3 is 2.72 bits per heavy atom. The average molecular weight is 339 g/mol. The molecular weight excluding hydrogens is 321 g/mol. The van der Waals surface area contributed by atoms with Gasteiger partial charge < -0.3 is 5.32 Å². The molecule has 0 radical (unpaired) electrons. The minimum atomic E-state index is -0.568. The number of benzene rings is 2. The van der Waals surface area contributed by atoms with Crippen molar-refractivity contribution in [1.29, 1.82) is 0 Å². The van der Waals surface area contributed by atoms with Crippen molar-refractivity contribution < 1.29 is 9.18 Å². The van der Waals surface area contributed by atoms with E-state index in [0.717, 1.165) is 17.2 Å². The van der Waals surface area contributed by atoms with Crippen LogP contribution in [0.4, 0.5) is 4.39 Å². The van der Waals surface area contributed by atoms with Crippen molar-refractivity contribution >= 4 is 16.8 Å². The summed E-state index contributed by atoms with van der Waals surface area (Å²) in [5.41, 5.74) is 1.71. The summed E-state index contributed by atoms with van der Waals surface area (Å²) in [6.07, 6.45) is 0. The van der Waals surface area contributed by atoms with E-state index in [9.17, 15) is 14.0 Å². The van der Waals surface area contributed by atoms with Gasteiger partial charge in [0, 0.05) is 13.1 Å². The van der Waals surface area contributed by atoms with Gasteiger partial charge in [0.15, 0.2) is 5.69 Å². The third kappa shape index (κ3) is 3.28. The number of nitrogens with one attached hydrogen (secondary N) is 1. The highest BCUT2D eigenvalue weighted by Crippen LogP contribution is 2.12. The molecule has 1 aromatic heterocycles. The number of carbonyl (C=O) groups excluding carboxylic acids is 1. The maximum Gasteiger partial charge on any atom is 0.276 e. The minimum Gasteiger partial charge on any atom is -0.346 e. The summed E-state index contributed by atoms with van der Waals surface area (Å²) in [6, 6.07) is 11.6. The Bertz CT molecular complexity index is 1010. The number of rotatable bonds is 4. The van der Waals surface area contributed by atoms with Crippen molar-refractivity contribution in [2.75, 3.05) is 0 Å². The maximum absolute atomic E-state index is 13.5. The molecule has 25 heavy (non-hydrogen) atoms. The first kappa shape index (κ1) is 16.8. The van der Waals surface area contributed by atoms with Gasteiger partial charge in [0.25, 0.3) is 5.91 Å². The molecule has 2 aromatic carbocycles. The van der Waals surface area contributed by atoms with Crippen molar-refractivity contribution in [2.45, 2.75) is 26.9 Å². The number of amides is 1. The van der Waals surface area contributed by atoms with Crippen molar-refractivity contribution in [3.63, 3.8) is 0 Å². The summed E-state index contributed by atoms with van der Waals surface area (Å²) in [5.74, 6) is -1.09. The topological polar surface area (TPSA) is 64.0 Å². The Kier molecular flexibility index (Phi) is 4.61. The molecule has 0 saturated carbocycles. The highest BCUT2D eigenvalue weighted by atomic mass is 19.1.